The van der Waals surface area contributed by atoms with Crippen molar-refractivity contribution < 1.29 is 0 Å². The van der Waals surface area contributed by atoms with Gasteiger partial charge >= 0.3 is 0 Å². The van der Waals surface area contributed by atoms with Crippen LogP contribution in [0, 0.1) is 0 Å². The lowest BCUT2D eigenvalue weighted by atomic mass is 10.0. The minimum Gasteiger partial charge on any atom is -0.356 e. The molecule has 0 N–H and O–H groups in total. The standard InChI is InChI=1S/C47H94N2/c1-4-7-10-13-15-17-19-21-23-25-27-29-31-33-35-37-40-43-48-45-46-49(47(48)42-39-12-9-6-3)44-41-38-36-34-32-30-28-26-24-22-20-18-16-14-11-8-5-2/h45-47H,4-44H2,1-3H3. The minimum atomic E-state index is 0.638. The summed E-state index contributed by atoms with van der Waals surface area (Å²) in [4.78, 5) is 5.43. The third kappa shape index (κ3) is 30.7. The summed E-state index contributed by atoms with van der Waals surface area (Å²) in [5, 5.41) is 0. The molecule has 2 nitrogen and oxygen atoms in total. The molecule has 0 bridgehead atoms. The molecule has 0 amide bonds. The van der Waals surface area contributed by atoms with Crippen LogP contribution < -0.4 is 0 Å². The summed E-state index contributed by atoms with van der Waals surface area (Å²) in [6.45, 7) is 9.50. The summed E-state index contributed by atoms with van der Waals surface area (Å²) in [7, 11) is 0. The van der Waals surface area contributed by atoms with Crippen molar-refractivity contribution in [2.24, 2.45) is 0 Å². The van der Waals surface area contributed by atoms with Crippen LogP contribution in [0.2, 0.25) is 0 Å². The van der Waals surface area contributed by atoms with Crippen LogP contribution in [0.25, 0.3) is 0 Å². The van der Waals surface area contributed by atoms with E-state index in [0.717, 1.165) is 0 Å². The van der Waals surface area contributed by atoms with Crippen LogP contribution in [-0.4, -0.2) is 29.1 Å². The predicted molar refractivity (Wildman–Crippen MR) is 223 cm³/mol. The summed E-state index contributed by atoms with van der Waals surface area (Å²) in [6, 6.07) is 0. The molecule has 0 aromatic heterocycles. The van der Waals surface area contributed by atoms with Crippen molar-refractivity contribution in [3.63, 3.8) is 0 Å². The summed E-state index contributed by atoms with van der Waals surface area (Å²) in [6.07, 6.45) is 61.9. The molecule has 1 heterocycles. The van der Waals surface area contributed by atoms with Crippen molar-refractivity contribution in [2.75, 3.05) is 13.1 Å². The first-order valence-electron chi connectivity index (χ1n) is 23.5. The molecule has 2 heteroatoms. The smallest absolute Gasteiger partial charge is 0.101 e. The van der Waals surface area contributed by atoms with Gasteiger partial charge in [0.05, 0.1) is 0 Å². The average Bonchev–Trinajstić information content (AvgIpc) is 3.50. The van der Waals surface area contributed by atoms with Gasteiger partial charge in [-0.1, -0.05) is 245 Å². The van der Waals surface area contributed by atoms with Gasteiger partial charge in [-0.05, 0) is 25.7 Å². The van der Waals surface area contributed by atoms with E-state index in [0.29, 0.717) is 6.17 Å². The molecule has 292 valence electrons. The highest BCUT2D eigenvalue weighted by Gasteiger charge is 2.24. The van der Waals surface area contributed by atoms with Crippen LogP contribution in [0.1, 0.15) is 271 Å². The Bertz CT molecular complexity index is 596. The van der Waals surface area contributed by atoms with Crippen LogP contribution in [0.15, 0.2) is 12.4 Å². The maximum atomic E-state index is 2.71. The molecule has 1 rings (SSSR count). The molecule has 0 spiro atoms. The second-order valence-electron chi connectivity index (χ2n) is 16.4. The van der Waals surface area contributed by atoms with Crippen molar-refractivity contribution in [2.45, 2.75) is 277 Å². The molecule has 0 saturated carbocycles. The SMILES string of the molecule is CCCCCCCCCCCCCCCCCCCN1C=CN(CCCCCCCCCCCCCCCCCCC)C1CCCCCC. The third-order valence-corrected chi connectivity index (χ3v) is 11.6. The zero-order chi connectivity index (χ0) is 35.1. The van der Waals surface area contributed by atoms with E-state index in [1.807, 2.05) is 0 Å². The normalized spacial score (nSPS) is 13.4. The Morgan fingerprint density at radius 2 is 0.469 bits per heavy atom. The van der Waals surface area contributed by atoms with E-state index >= 15 is 0 Å². The Hall–Kier alpha value is -0.660. The minimum absolute atomic E-state index is 0.638. The highest BCUT2D eigenvalue weighted by Crippen LogP contribution is 2.24. The quantitative estimate of drug-likeness (QED) is 0.0591. The maximum Gasteiger partial charge on any atom is 0.101 e. The highest BCUT2D eigenvalue weighted by molar-refractivity contribution is 4.97. The van der Waals surface area contributed by atoms with Crippen molar-refractivity contribution >= 4 is 0 Å². The Morgan fingerprint density at radius 3 is 0.714 bits per heavy atom. The van der Waals surface area contributed by atoms with Crippen molar-refractivity contribution in [1.82, 2.24) is 9.80 Å². The predicted octanol–water partition coefficient (Wildman–Crippen LogP) is 16.7. The fourth-order valence-electron chi connectivity index (χ4n) is 8.13. The lowest BCUT2D eigenvalue weighted by Gasteiger charge is -2.33. The first kappa shape index (κ1) is 46.4. The molecule has 1 aliphatic rings. The molecule has 0 unspecified atom stereocenters. The van der Waals surface area contributed by atoms with Gasteiger partial charge in [0.1, 0.15) is 6.17 Å². The molecule has 0 atom stereocenters. The summed E-state index contributed by atoms with van der Waals surface area (Å²) < 4.78 is 0. The Balaban J connectivity index is 2.01. The monoisotopic (exact) mass is 687 g/mol. The zero-order valence-electron chi connectivity index (χ0n) is 34.6. The van der Waals surface area contributed by atoms with Gasteiger partial charge in [0.15, 0.2) is 0 Å². The largest absolute Gasteiger partial charge is 0.356 e. The van der Waals surface area contributed by atoms with E-state index in [1.165, 1.54) is 264 Å². The summed E-state index contributed by atoms with van der Waals surface area (Å²) in [5.41, 5.74) is 0. The van der Waals surface area contributed by atoms with Crippen LogP contribution >= 0.6 is 0 Å². The van der Waals surface area contributed by atoms with E-state index in [-0.39, 0.29) is 0 Å². The molecule has 0 radical (unpaired) electrons. The first-order valence-corrected chi connectivity index (χ1v) is 23.5. The van der Waals surface area contributed by atoms with Gasteiger partial charge in [-0.15, -0.1) is 0 Å². The molecule has 49 heavy (non-hydrogen) atoms. The van der Waals surface area contributed by atoms with Gasteiger partial charge in [-0.2, -0.15) is 0 Å². The van der Waals surface area contributed by atoms with E-state index in [4.69, 9.17) is 0 Å². The van der Waals surface area contributed by atoms with Gasteiger partial charge < -0.3 is 9.80 Å². The molecule has 0 aromatic rings. The number of hydrogen-bond acceptors (Lipinski definition) is 2. The molecular formula is C47H94N2. The average molecular weight is 687 g/mol. The maximum absolute atomic E-state index is 2.71. The van der Waals surface area contributed by atoms with Gasteiger partial charge in [0.2, 0.25) is 0 Å². The van der Waals surface area contributed by atoms with Gasteiger partial charge in [0, 0.05) is 25.5 Å². The Kier molecular flexibility index (Phi) is 36.5. The van der Waals surface area contributed by atoms with Crippen molar-refractivity contribution in [1.29, 1.82) is 0 Å². The second-order valence-corrected chi connectivity index (χ2v) is 16.4. The number of hydrogen-bond donors (Lipinski definition) is 0. The van der Waals surface area contributed by atoms with Crippen LogP contribution in [0.5, 0.6) is 0 Å². The first-order chi connectivity index (χ1) is 24.3. The molecule has 0 saturated heterocycles. The Morgan fingerprint density at radius 1 is 0.265 bits per heavy atom. The molecule has 0 fully saturated rings. The van der Waals surface area contributed by atoms with Crippen molar-refractivity contribution in [3.8, 4) is 0 Å². The summed E-state index contributed by atoms with van der Waals surface area (Å²) >= 11 is 0. The molecule has 0 aromatic carbocycles. The van der Waals surface area contributed by atoms with Crippen LogP contribution in [0.3, 0.4) is 0 Å². The topological polar surface area (TPSA) is 6.48 Å². The van der Waals surface area contributed by atoms with E-state index in [9.17, 15) is 0 Å². The second kappa shape index (κ2) is 38.6. The van der Waals surface area contributed by atoms with Crippen LogP contribution in [-0.2, 0) is 0 Å². The van der Waals surface area contributed by atoms with Crippen molar-refractivity contribution in [3.05, 3.63) is 12.4 Å². The fourth-order valence-corrected chi connectivity index (χ4v) is 8.13. The third-order valence-electron chi connectivity index (χ3n) is 11.6. The van der Waals surface area contributed by atoms with E-state index in [2.05, 4.69) is 43.0 Å². The lowest BCUT2D eigenvalue weighted by Crippen LogP contribution is -2.39. The molecular weight excluding hydrogens is 593 g/mol. The highest BCUT2D eigenvalue weighted by atomic mass is 15.4. The number of nitrogens with zero attached hydrogens (tertiary/aromatic N) is 2. The lowest BCUT2D eigenvalue weighted by molar-refractivity contribution is 0.135. The molecule has 1 aliphatic heterocycles. The summed E-state index contributed by atoms with van der Waals surface area (Å²) in [5.74, 6) is 0. The Labute approximate surface area is 311 Å². The van der Waals surface area contributed by atoms with Gasteiger partial charge in [-0.3, -0.25) is 0 Å². The number of unbranched alkanes of at least 4 members (excludes halogenated alkanes) is 35. The zero-order valence-corrected chi connectivity index (χ0v) is 34.6. The van der Waals surface area contributed by atoms with Crippen LogP contribution in [0.4, 0.5) is 0 Å². The van der Waals surface area contributed by atoms with E-state index in [1.54, 1.807) is 0 Å². The number of rotatable bonds is 41. The van der Waals surface area contributed by atoms with E-state index < -0.39 is 0 Å². The van der Waals surface area contributed by atoms with Gasteiger partial charge in [-0.25, -0.2) is 0 Å². The van der Waals surface area contributed by atoms with Gasteiger partial charge in [0.25, 0.3) is 0 Å². The fraction of sp³-hybridized carbons (Fsp3) is 0.957. The molecule has 0 aliphatic carbocycles.